The lowest BCUT2D eigenvalue weighted by Crippen LogP contribution is -2.51. The number of rotatable bonds is 8. The van der Waals surface area contributed by atoms with Crippen molar-refractivity contribution in [1.82, 2.24) is 4.98 Å². The lowest BCUT2D eigenvalue weighted by molar-refractivity contribution is -0.916. The van der Waals surface area contributed by atoms with E-state index in [1.165, 1.54) is 4.88 Å². The third kappa shape index (κ3) is 4.58. The minimum atomic E-state index is -0.0901. The Hall–Kier alpha value is -0.940. The van der Waals surface area contributed by atoms with Crippen molar-refractivity contribution in [3.63, 3.8) is 0 Å². The van der Waals surface area contributed by atoms with E-state index >= 15 is 0 Å². The number of quaternary nitrogens is 1. The van der Waals surface area contributed by atoms with Crippen LogP contribution in [0.25, 0.3) is 0 Å². The van der Waals surface area contributed by atoms with Crippen LogP contribution in [0.4, 0.5) is 0 Å². The van der Waals surface area contributed by atoms with Crippen molar-refractivity contribution in [2.45, 2.75) is 34.1 Å². The fourth-order valence-corrected chi connectivity index (χ4v) is 2.91. The highest BCUT2D eigenvalue weighted by molar-refractivity contribution is 7.09. The van der Waals surface area contributed by atoms with Gasteiger partial charge in [0.2, 0.25) is 0 Å². The second-order valence-electron chi connectivity index (χ2n) is 4.78. The summed E-state index contributed by atoms with van der Waals surface area (Å²) in [4.78, 5) is 17.3. The third-order valence-electron chi connectivity index (χ3n) is 3.91. The maximum atomic E-state index is 11.9. The summed E-state index contributed by atoms with van der Waals surface area (Å²) in [5.41, 5.74) is 2.88. The molecule has 0 saturated heterocycles. The van der Waals surface area contributed by atoms with Crippen molar-refractivity contribution in [3.05, 3.63) is 16.1 Å². The number of aryl methyl sites for hydroxylation is 1. The zero-order chi connectivity index (χ0) is 14.3. The van der Waals surface area contributed by atoms with Crippen molar-refractivity contribution >= 4 is 17.3 Å². The van der Waals surface area contributed by atoms with Crippen LogP contribution in [0, 0.1) is 6.92 Å². The molecule has 0 amide bonds. The van der Waals surface area contributed by atoms with Gasteiger partial charge in [-0.3, -0.25) is 0 Å². The summed E-state index contributed by atoms with van der Waals surface area (Å²) in [6.45, 7) is 12.2. The van der Waals surface area contributed by atoms with Gasteiger partial charge in [0.05, 0.1) is 37.4 Å². The summed E-state index contributed by atoms with van der Waals surface area (Å²) in [7, 11) is 0. The third-order valence-corrected chi connectivity index (χ3v) is 4.91. The van der Waals surface area contributed by atoms with Gasteiger partial charge >= 0.3 is 5.97 Å². The van der Waals surface area contributed by atoms with E-state index in [2.05, 4.69) is 25.8 Å². The first-order chi connectivity index (χ1) is 9.06. The number of esters is 1. The van der Waals surface area contributed by atoms with Crippen molar-refractivity contribution < 1.29 is 14.0 Å². The fraction of sp³-hybridized carbons (Fsp3) is 0.714. The summed E-state index contributed by atoms with van der Waals surface area (Å²) < 4.78 is 6.16. The van der Waals surface area contributed by atoms with Crippen LogP contribution in [-0.2, 0) is 16.0 Å². The SMILES string of the molecule is CC[N+](CC)(CC)CC(=O)OCCc1scnc1C. The molecule has 1 aromatic heterocycles. The Bertz CT molecular complexity index is 392. The predicted molar refractivity (Wildman–Crippen MR) is 78.3 cm³/mol. The summed E-state index contributed by atoms with van der Waals surface area (Å²) in [6.07, 6.45) is 0.770. The lowest BCUT2D eigenvalue weighted by Gasteiger charge is -2.34. The van der Waals surface area contributed by atoms with E-state index in [1.807, 2.05) is 12.4 Å². The Morgan fingerprint density at radius 2 is 1.95 bits per heavy atom. The van der Waals surface area contributed by atoms with Gasteiger partial charge in [-0.2, -0.15) is 0 Å². The minimum Gasteiger partial charge on any atom is -0.461 e. The monoisotopic (exact) mass is 285 g/mol. The molecule has 0 atom stereocenters. The van der Waals surface area contributed by atoms with Crippen LogP contribution in [0.5, 0.6) is 0 Å². The topological polar surface area (TPSA) is 39.2 Å². The molecule has 0 aliphatic heterocycles. The first-order valence-corrected chi connectivity index (χ1v) is 7.84. The lowest BCUT2D eigenvalue weighted by atomic mass is 10.3. The summed E-state index contributed by atoms with van der Waals surface area (Å²) in [5, 5.41) is 0. The first-order valence-electron chi connectivity index (χ1n) is 6.96. The largest absolute Gasteiger partial charge is 0.461 e. The molecule has 0 fully saturated rings. The smallest absolute Gasteiger partial charge is 0.361 e. The van der Waals surface area contributed by atoms with E-state index < -0.39 is 0 Å². The molecule has 5 heteroatoms. The first kappa shape index (κ1) is 16.1. The van der Waals surface area contributed by atoms with E-state index in [-0.39, 0.29) is 5.97 Å². The van der Waals surface area contributed by atoms with Gasteiger partial charge < -0.3 is 9.22 Å². The van der Waals surface area contributed by atoms with Crippen LogP contribution >= 0.6 is 11.3 Å². The Labute approximate surface area is 120 Å². The highest BCUT2D eigenvalue weighted by atomic mass is 32.1. The summed E-state index contributed by atoms with van der Waals surface area (Å²) in [5.74, 6) is -0.0901. The van der Waals surface area contributed by atoms with Crippen LogP contribution < -0.4 is 0 Å². The molecule has 0 aliphatic carbocycles. The number of hydrogen-bond donors (Lipinski definition) is 0. The molecule has 4 nitrogen and oxygen atoms in total. The number of nitrogens with zero attached hydrogens (tertiary/aromatic N) is 2. The molecule has 0 aliphatic rings. The second-order valence-corrected chi connectivity index (χ2v) is 5.72. The molecular weight excluding hydrogens is 260 g/mol. The van der Waals surface area contributed by atoms with Gasteiger partial charge in [-0.05, 0) is 27.7 Å². The number of carbonyl (C=O) groups excluding carboxylic acids is 1. The molecule has 0 aromatic carbocycles. The van der Waals surface area contributed by atoms with E-state index in [0.29, 0.717) is 13.2 Å². The maximum absolute atomic E-state index is 11.9. The van der Waals surface area contributed by atoms with Gasteiger partial charge in [0.1, 0.15) is 0 Å². The Morgan fingerprint density at radius 1 is 1.32 bits per heavy atom. The van der Waals surface area contributed by atoms with E-state index in [0.717, 1.165) is 36.2 Å². The predicted octanol–water partition coefficient (Wildman–Crippen LogP) is 2.41. The number of likely N-dealkylation sites (N-methyl/N-ethyl adjacent to an activating group) is 1. The standard InChI is InChI=1S/C14H25N2O2S/c1-5-16(6-2,7-3)10-14(17)18-9-8-13-12(4)15-11-19-13/h11H,5-10H2,1-4H3/q+1. The van der Waals surface area contributed by atoms with Gasteiger partial charge in [0.25, 0.3) is 0 Å². The molecule has 1 aromatic rings. The van der Waals surface area contributed by atoms with E-state index in [1.54, 1.807) is 11.3 Å². The highest BCUT2D eigenvalue weighted by Gasteiger charge is 2.25. The number of hydrogen-bond acceptors (Lipinski definition) is 4. The highest BCUT2D eigenvalue weighted by Crippen LogP contribution is 2.13. The fourth-order valence-electron chi connectivity index (χ4n) is 2.15. The molecule has 108 valence electrons. The zero-order valence-corrected chi connectivity index (χ0v) is 13.3. The van der Waals surface area contributed by atoms with E-state index in [4.69, 9.17) is 4.74 Å². The van der Waals surface area contributed by atoms with Crippen molar-refractivity contribution in [3.8, 4) is 0 Å². The average molecular weight is 285 g/mol. The number of aromatic nitrogens is 1. The van der Waals surface area contributed by atoms with Gasteiger partial charge in [-0.1, -0.05) is 0 Å². The van der Waals surface area contributed by atoms with Crippen molar-refractivity contribution in [2.75, 3.05) is 32.8 Å². The number of ether oxygens (including phenoxy) is 1. The van der Waals surface area contributed by atoms with Crippen LogP contribution in [0.2, 0.25) is 0 Å². The quantitative estimate of drug-likeness (QED) is 0.544. The molecule has 0 unspecified atom stereocenters. The van der Waals surface area contributed by atoms with Gasteiger partial charge in [0.15, 0.2) is 6.54 Å². The Kier molecular flexibility index (Phi) is 6.45. The molecule has 0 spiro atoms. The second kappa shape index (κ2) is 7.60. The molecule has 1 heterocycles. The molecule has 0 bridgehead atoms. The minimum absolute atomic E-state index is 0.0901. The molecule has 0 radical (unpaired) electrons. The van der Waals surface area contributed by atoms with Gasteiger partial charge in [-0.25, -0.2) is 9.78 Å². The van der Waals surface area contributed by atoms with Crippen LogP contribution in [0.3, 0.4) is 0 Å². The van der Waals surface area contributed by atoms with Crippen molar-refractivity contribution in [1.29, 1.82) is 0 Å². The molecular formula is C14H25N2O2S+. The maximum Gasteiger partial charge on any atom is 0.361 e. The normalized spacial score (nSPS) is 11.6. The molecule has 1 rings (SSSR count). The average Bonchev–Trinajstić information content (AvgIpc) is 2.82. The molecule has 0 saturated carbocycles. The zero-order valence-electron chi connectivity index (χ0n) is 12.4. The van der Waals surface area contributed by atoms with Crippen LogP contribution in [0.1, 0.15) is 31.3 Å². The van der Waals surface area contributed by atoms with Crippen molar-refractivity contribution in [2.24, 2.45) is 0 Å². The van der Waals surface area contributed by atoms with Crippen LogP contribution in [-0.4, -0.2) is 48.2 Å². The van der Waals surface area contributed by atoms with Gasteiger partial charge in [0, 0.05) is 11.3 Å². The number of carbonyl (C=O) groups is 1. The summed E-state index contributed by atoms with van der Waals surface area (Å²) in [6, 6.07) is 0. The Morgan fingerprint density at radius 3 is 2.42 bits per heavy atom. The summed E-state index contributed by atoms with van der Waals surface area (Å²) >= 11 is 1.62. The molecule has 0 N–H and O–H groups in total. The van der Waals surface area contributed by atoms with Gasteiger partial charge in [-0.15, -0.1) is 11.3 Å². The Balaban J connectivity index is 2.37. The van der Waals surface area contributed by atoms with E-state index in [9.17, 15) is 4.79 Å². The van der Waals surface area contributed by atoms with Crippen LogP contribution in [0.15, 0.2) is 5.51 Å². The molecule has 19 heavy (non-hydrogen) atoms. The number of thiazole rings is 1.